The highest BCUT2D eigenvalue weighted by Crippen LogP contribution is 1.79. The quantitative estimate of drug-likeness (QED) is 0.287. The first-order chi connectivity index (χ1) is 9.38. The minimum absolute atomic E-state index is 0.309. The van der Waals surface area contributed by atoms with Gasteiger partial charge in [0, 0.05) is 0 Å². The number of rotatable bonds is 3. The molecule has 0 spiro atoms. The Labute approximate surface area is 128 Å². The Morgan fingerprint density at radius 3 is 1.40 bits per heavy atom. The fraction of sp³-hybridized carbons (Fsp3) is 0.0833. The number of carbonyl (C=O) groups excluding carboxylic acids is 1. The molecule has 0 aliphatic rings. The van der Waals surface area contributed by atoms with Crippen LogP contribution in [0.2, 0.25) is 0 Å². The van der Waals surface area contributed by atoms with E-state index in [0.717, 1.165) is 0 Å². The lowest BCUT2D eigenvalue weighted by Crippen LogP contribution is -2.03. The molecule has 0 aliphatic carbocycles. The summed E-state index contributed by atoms with van der Waals surface area (Å²) in [6.45, 7) is 4.01. The van der Waals surface area contributed by atoms with Crippen molar-refractivity contribution in [3.8, 4) is 0 Å². The van der Waals surface area contributed by atoms with Crippen LogP contribution in [0, 0.1) is 0 Å². The topological polar surface area (TPSA) is 119 Å². The van der Waals surface area contributed by atoms with Crippen LogP contribution in [0.3, 0.4) is 0 Å². The van der Waals surface area contributed by atoms with Gasteiger partial charge in [0.05, 0.1) is 0 Å². The van der Waals surface area contributed by atoms with Crippen molar-refractivity contribution in [2.45, 2.75) is 0 Å². The molecule has 112 valence electrons. The third kappa shape index (κ3) is 74.8. The molecule has 0 bridgehead atoms. The normalized spacial score (nSPS) is 6.80. The van der Waals surface area contributed by atoms with E-state index in [2.05, 4.69) is 47.2 Å². The van der Waals surface area contributed by atoms with E-state index < -0.39 is 10.3 Å². The fourth-order valence-electron chi connectivity index (χ4n) is 0.492. The number of hydrogen-bond donors (Lipinski definition) is 4. The number of hydrogen-bond acceptors (Lipinski definition) is 4. The zero-order valence-corrected chi connectivity index (χ0v) is 12.3. The summed E-state index contributed by atoms with van der Waals surface area (Å²) in [5.74, 6) is 0. The van der Waals surface area contributed by atoms with Crippen LogP contribution >= 0.6 is 24.4 Å². The molecule has 8 heteroatoms. The maximum absolute atomic E-state index is 9.29. The Bertz CT molecular complexity index is 307. The lowest BCUT2D eigenvalue weighted by atomic mass is 10.4. The van der Waals surface area contributed by atoms with Crippen LogP contribution in [0.1, 0.15) is 0 Å². The van der Waals surface area contributed by atoms with Crippen LogP contribution in [-0.2, 0) is 9.53 Å². The van der Waals surface area contributed by atoms with Gasteiger partial charge in [0.25, 0.3) is 16.8 Å². The molecule has 0 saturated heterocycles. The molecule has 0 saturated carbocycles. The third-order valence-electron chi connectivity index (χ3n) is 0.949. The number of aliphatic hydroxyl groups is 2. The molecule has 1 aromatic rings. The SMILES string of the molecule is C=CCOC=O.NC(O)=S.NC(O)=S.c1ccccc1. The van der Waals surface area contributed by atoms with Gasteiger partial charge in [-0.05, 0) is 24.4 Å². The monoisotopic (exact) mass is 318 g/mol. The highest BCUT2D eigenvalue weighted by atomic mass is 32.1. The van der Waals surface area contributed by atoms with Gasteiger partial charge in [-0.3, -0.25) is 4.79 Å². The molecule has 0 aliphatic heterocycles. The molecule has 6 nitrogen and oxygen atoms in total. The second-order valence-corrected chi connectivity index (χ2v) is 3.39. The Kier molecular flexibility index (Phi) is 25.3. The number of aliphatic hydroxyl groups excluding tert-OH is 2. The molecule has 1 rings (SSSR count). The van der Waals surface area contributed by atoms with Crippen LogP contribution < -0.4 is 11.5 Å². The fourth-order valence-corrected chi connectivity index (χ4v) is 0.492. The number of benzene rings is 1. The molecule has 0 heterocycles. The summed E-state index contributed by atoms with van der Waals surface area (Å²) in [5, 5.41) is 14.1. The largest absolute Gasteiger partial charge is 0.487 e. The van der Waals surface area contributed by atoms with Gasteiger partial charge in [-0.2, -0.15) is 0 Å². The second-order valence-electron chi connectivity index (χ2n) is 2.55. The van der Waals surface area contributed by atoms with Crippen molar-refractivity contribution in [1.29, 1.82) is 0 Å². The number of nitrogens with two attached hydrogens (primary N) is 2. The van der Waals surface area contributed by atoms with Gasteiger partial charge < -0.3 is 26.4 Å². The van der Waals surface area contributed by atoms with Gasteiger partial charge >= 0.3 is 0 Å². The molecule has 0 aromatic heterocycles. The van der Waals surface area contributed by atoms with Gasteiger partial charge in [0.15, 0.2) is 0 Å². The summed E-state index contributed by atoms with van der Waals surface area (Å²) in [6.07, 6.45) is 1.51. The number of ether oxygens (including phenoxy) is 1. The number of thiocarbonyl (C=S) groups is 2. The van der Waals surface area contributed by atoms with Gasteiger partial charge in [-0.15, -0.1) is 0 Å². The van der Waals surface area contributed by atoms with Crippen LogP contribution in [0.15, 0.2) is 49.1 Å². The molecule has 1 aromatic carbocycles. The van der Waals surface area contributed by atoms with Crippen molar-refractivity contribution >= 4 is 41.3 Å². The van der Waals surface area contributed by atoms with Crippen LogP contribution in [-0.4, -0.2) is 33.6 Å². The van der Waals surface area contributed by atoms with Crippen molar-refractivity contribution in [3.63, 3.8) is 0 Å². The van der Waals surface area contributed by atoms with E-state index in [-0.39, 0.29) is 0 Å². The zero-order chi connectivity index (χ0) is 16.2. The molecular weight excluding hydrogens is 300 g/mol. The summed E-state index contributed by atoms with van der Waals surface area (Å²) >= 11 is 7.74. The van der Waals surface area contributed by atoms with Crippen molar-refractivity contribution in [1.82, 2.24) is 0 Å². The van der Waals surface area contributed by atoms with Crippen LogP contribution in [0.25, 0.3) is 0 Å². The molecular formula is C12H18N2O4S2. The smallest absolute Gasteiger partial charge is 0.293 e. The molecule has 0 atom stereocenters. The van der Waals surface area contributed by atoms with E-state index in [1.165, 1.54) is 6.08 Å². The maximum Gasteiger partial charge on any atom is 0.293 e. The summed E-state index contributed by atoms with van der Waals surface area (Å²) in [5.41, 5.74) is 8.80. The second kappa shape index (κ2) is 22.0. The Morgan fingerprint density at radius 1 is 1.05 bits per heavy atom. The van der Waals surface area contributed by atoms with E-state index in [0.29, 0.717) is 13.1 Å². The van der Waals surface area contributed by atoms with Crippen LogP contribution in [0.5, 0.6) is 0 Å². The van der Waals surface area contributed by atoms with E-state index in [1.54, 1.807) is 0 Å². The first-order valence-electron chi connectivity index (χ1n) is 5.01. The summed E-state index contributed by atoms with van der Waals surface area (Å²) in [6, 6.07) is 12.0. The molecule has 0 amide bonds. The summed E-state index contributed by atoms with van der Waals surface area (Å²) in [7, 11) is 0. The Balaban J connectivity index is -0.000000197. The van der Waals surface area contributed by atoms with Gasteiger partial charge in [0.1, 0.15) is 6.61 Å². The van der Waals surface area contributed by atoms with E-state index in [9.17, 15) is 4.79 Å². The predicted molar refractivity (Wildman–Crippen MR) is 87.5 cm³/mol. The van der Waals surface area contributed by atoms with E-state index in [1.807, 2.05) is 36.4 Å². The molecule has 0 fully saturated rings. The summed E-state index contributed by atoms with van der Waals surface area (Å²) < 4.78 is 4.18. The lowest BCUT2D eigenvalue weighted by Gasteiger charge is -1.82. The molecule has 6 N–H and O–H groups in total. The predicted octanol–water partition coefficient (Wildman–Crippen LogP) is 1.61. The highest BCUT2D eigenvalue weighted by molar-refractivity contribution is 7.80. The van der Waals surface area contributed by atoms with E-state index >= 15 is 0 Å². The standard InChI is InChI=1S/C6H6.C4H6O2.2CH3NOS/c1-2-4-6-5-3-1;1-2-3-6-4-5;2*2-1(3)4/h1-6H;2,4H,1,3H2;2*(H3,2,3,4). The Hall–Kier alpha value is -2.19. The molecule has 0 radical (unpaired) electrons. The van der Waals surface area contributed by atoms with E-state index in [4.69, 9.17) is 10.2 Å². The van der Waals surface area contributed by atoms with Gasteiger partial charge in [-0.25, -0.2) is 0 Å². The first-order valence-corrected chi connectivity index (χ1v) is 5.83. The minimum atomic E-state index is -0.500. The summed E-state index contributed by atoms with van der Waals surface area (Å²) in [4.78, 5) is 9.29. The van der Waals surface area contributed by atoms with Crippen molar-refractivity contribution < 1.29 is 19.7 Å². The molecule has 20 heavy (non-hydrogen) atoms. The zero-order valence-electron chi connectivity index (χ0n) is 10.7. The van der Waals surface area contributed by atoms with Crippen molar-refractivity contribution in [2.75, 3.05) is 6.61 Å². The highest BCUT2D eigenvalue weighted by Gasteiger charge is 1.65. The van der Waals surface area contributed by atoms with Crippen LogP contribution in [0.4, 0.5) is 0 Å². The molecule has 0 unspecified atom stereocenters. The third-order valence-corrected chi connectivity index (χ3v) is 0.949. The van der Waals surface area contributed by atoms with Crippen molar-refractivity contribution in [3.05, 3.63) is 49.1 Å². The lowest BCUT2D eigenvalue weighted by molar-refractivity contribution is -0.127. The average molecular weight is 318 g/mol. The Morgan fingerprint density at radius 2 is 1.30 bits per heavy atom. The van der Waals surface area contributed by atoms with Gasteiger partial charge in [0.2, 0.25) is 0 Å². The first kappa shape index (κ1) is 22.9. The minimum Gasteiger partial charge on any atom is -0.487 e. The van der Waals surface area contributed by atoms with Crippen molar-refractivity contribution in [2.24, 2.45) is 11.5 Å². The maximum atomic E-state index is 9.29. The average Bonchev–Trinajstić information content (AvgIpc) is 2.38. The van der Waals surface area contributed by atoms with Gasteiger partial charge in [-0.1, -0.05) is 49.1 Å². The number of carbonyl (C=O) groups is 1.